The first-order chi connectivity index (χ1) is 18.5. The lowest BCUT2D eigenvalue weighted by molar-refractivity contribution is 0.0926. The Balaban J connectivity index is 1.08. The highest BCUT2D eigenvalue weighted by Crippen LogP contribution is 2.23. The van der Waals surface area contributed by atoms with Crippen LogP contribution in [-0.2, 0) is 0 Å². The molecule has 1 aromatic carbocycles. The number of amides is 2. The first kappa shape index (κ1) is 25.8. The van der Waals surface area contributed by atoms with Crippen LogP contribution in [0.2, 0.25) is 0 Å². The molecule has 1 aliphatic heterocycles. The van der Waals surface area contributed by atoms with Crippen molar-refractivity contribution in [3.8, 4) is 11.3 Å². The lowest BCUT2D eigenvalue weighted by atomic mass is 9.89. The summed E-state index contributed by atoms with van der Waals surface area (Å²) >= 11 is 0. The van der Waals surface area contributed by atoms with E-state index in [0.717, 1.165) is 31.7 Å². The van der Waals surface area contributed by atoms with Gasteiger partial charge < -0.3 is 15.5 Å². The zero-order chi connectivity index (χ0) is 26.3. The van der Waals surface area contributed by atoms with Gasteiger partial charge in [-0.25, -0.2) is 4.39 Å². The zero-order valence-corrected chi connectivity index (χ0v) is 21.4. The van der Waals surface area contributed by atoms with Gasteiger partial charge in [0.1, 0.15) is 5.82 Å². The van der Waals surface area contributed by atoms with Crippen molar-refractivity contribution in [1.29, 1.82) is 0 Å². The van der Waals surface area contributed by atoms with E-state index in [1.165, 1.54) is 50.4 Å². The Bertz CT molecular complexity index is 1240. The molecule has 2 N–H and O–H groups in total. The van der Waals surface area contributed by atoms with Crippen molar-refractivity contribution in [2.45, 2.75) is 51.0 Å². The minimum atomic E-state index is -0.324. The van der Waals surface area contributed by atoms with Crippen LogP contribution in [0.3, 0.4) is 0 Å². The number of anilines is 1. The number of nitrogens with one attached hydrogen (secondary N) is 2. The van der Waals surface area contributed by atoms with Crippen LogP contribution in [0.1, 0.15) is 65.8 Å². The number of benzene rings is 1. The van der Waals surface area contributed by atoms with Crippen molar-refractivity contribution in [1.82, 2.24) is 25.8 Å². The largest absolute Gasteiger partial charge is 0.355 e. The highest BCUT2D eigenvalue weighted by molar-refractivity contribution is 5.94. The highest BCUT2D eigenvalue weighted by atomic mass is 19.1. The van der Waals surface area contributed by atoms with Crippen LogP contribution >= 0.6 is 0 Å². The first-order valence-electron chi connectivity index (χ1n) is 13.4. The number of pyridine rings is 1. The van der Waals surface area contributed by atoms with Crippen LogP contribution in [0.4, 0.5) is 10.2 Å². The topological polar surface area (TPSA) is 100 Å². The molecule has 5 rings (SSSR count). The maximum Gasteiger partial charge on any atom is 0.271 e. The van der Waals surface area contributed by atoms with Crippen molar-refractivity contribution >= 4 is 17.6 Å². The minimum absolute atomic E-state index is 0.0412. The smallest absolute Gasteiger partial charge is 0.271 e. The average molecular weight is 517 g/mol. The number of hydrogen-bond donors (Lipinski definition) is 2. The average Bonchev–Trinajstić information content (AvgIpc) is 2.97. The van der Waals surface area contributed by atoms with Crippen molar-refractivity contribution in [3.05, 3.63) is 71.8 Å². The Morgan fingerprint density at radius 2 is 1.74 bits per heavy atom. The van der Waals surface area contributed by atoms with Gasteiger partial charge >= 0.3 is 0 Å². The minimum Gasteiger partial charge on any atom is -0.355 e. The molecular formula is C29H33FN6O2. The first-order valence-corrected chi connectivity index (χ1v) is 13.4. The van der Waals surface area contributed by atoms with E-state index in [4.69, 9.17) is 0 Å². The fourth-order valence-electron chi connectivity index (χ4n) is 5.20. The molecule has 2 amide bonds. The summed E-state index contributed by atoms with van der Waals surface area (Å²) in [6.07, 6.45) is 9.22. The van der Waals surface area contributed by atoms with E-state index >= 15 is 0 Å². The summed E-state index contributed by atoms with van der Waals surface area (Å²) in [5.74, 6) is 0.627. The summed E-state index contributed by atoms with van der Waals surface area (Å²) in [6, 6.07) is 13.3. The van der Waals surface area contributed by atoms with Crippen molar-refractivity contribution < 1.29 is 14.0 Å². The molecule has 2 aromatic heterocycles. The molecule has 9 heteroatoms. The molecule has 198 valence electrons. The maximum absolute atomic E-state index is 13.5. The van der Waals surface area contributed by atoms with Gasteiger partial charge in [-0.2, -0.15) is 0 Å². The number of hydrogen-bond acceptors (Lipinski definition) is 6. The van der Waals surface area contributed by atoms with Gasteiger partial charge in [-0.15, -0.1) is 10.2 Å². The quantitative estimate of drug-likeness (QED) is 0.483. The number of carbonyl (C=O) groups excluding carboxylic acids is 2. The molecule has 0 unspecified atom stereocenters. The molecule has 2 aliphatic rings. The Kier molecular flexibility index (Phi) is 8.21. The van der Waals surface area contributed by atoms with Crippen LogP contribution in [0, 0.1) is 11.7 Å². The number of aromatic nitrogens is 3. The van der Waals surface area contributed by atoms with Gasteiger partial charge in [0.05, 0.1) is 11.3 Å². The van der Waals surface area contributed by atoms with Crippen LogP contribution in [0.5, 0.6) is 0 Å². The molecule has 0 atom stereocenters. The van der Waals surface area contributed by atoms with Gasteiger partial charge in [0, 0.05) is 37.4 Å². The second-order valence-corrected chi connectivity index (χ2v) is 10.2. The van der Waals surface area contributed by atoms with Crippen LogP contribution in [-0.4, -0.2) is 52.7 Å². The summed E-state index contributed by atoms with van der Waals surface area (Å²) in [5.41, 5.74) is 2.09. The third-order valence-electron chi connectivity index (χ3n) is 7.46. The summed E-state index contributed by atoms with van der Waals surface area (Å²) in [4.78, 5) is 31.6. The molecule has 1 aliphatic carbocycles. The molecular weight excluding hydrogens is 483 g/mol. The fourth-order valence-corrected chi connectivity index (χ4v) is 5.20. The molecule has 2 fully saturated rings. The van der Waals surface area contributed by atoms with Gasteiger partial charge in [-0.05, 0) is 68.0 Å². The second kappa shape index (κ2) is 12.1. The normalized spacial score (nSPS) is 16.7. The summed E-state index contributed by atoms with van der Waals surface area (Å²) in [5, 5.41) is 14.5. The molecule has 0 radical (unpaired) electrons. The highest BCUT2D eigenvalue weighted by Gasteiger charge is 2.23. The second-order valence-electron chi connectivity index (χ2n) is 10.2. The van der Waals surface area contributed by atoms with Crippen molar-refractivity contribution in [2.75, 3.05) is 24.5 Å². The Morgan fingerprint density at radius 3 is 2.42 bits per heavy atom. The van der Waals surface area contributed by atoms with Gasteiger partial charge in [0.25, 0.3) is 11.8 Å². The predicted molar refractivity (Wildman–Crippen MR) is 143 cm³/mol. The van der Waals surface area contributed by atoms with E-state index in [-0.39, 0.29) is 23.7 Å². The lowest BCUT2D eigenvalue weighted by Crippen LogP contribution is -2.45. The summed E-state index contributed by atoms with van der Waals surface area (Å²) in [6.45, 7) is 2.15. The Labute approximate surface area is 222 Å². The van der Waals surface area contributed by atoms with Crippen molar-refractivity contribution in [2.24, 2.45) is 5.92 Å². The fraction of sp³-hybridized carbons (Fsp3) is 0.414. The van der Waals surface area contributed by atoms with E-state index in [1.54, 1.807) is 30.3 Å². The van der Waals surface area contributed by atoms with Gasteiger partial charge in [-0.1, -0.05) is 31.4 Å². The number of rotatable bonds is 7. The van der Waals surface area contributed by atoms with E-state index in [0.29, 0.717) is 35.0 Å². The molecule has 38 heavy (non-hydrogen) atoms. The van der Waals surface area contributed by atoms with Gasteiger partial charge in [0.15, 0.2) is 11.5 Å². The molecule has 1 saturated carbocycles. The van der Waals surface area contributed by atoms with E-state index in [2.05, 4.69) is 30.7 Å². The standard InChI is InChI=1S/C29H33FN6O2/c30-23-8-4-7-21(17-23)25-10-9-22(19-31-25)28(37)33-24-13-15-36(16-14-24)27-12-11-26(34-35-27)29(38)32-18-20-5-2-1-3-6-20/h4,7-12,17,19-20,24H,1-3,5-6,13-16,18H2,(H,32,38)(H,33,37). The lowest BCUT2D eigenvalue weighted by Gasteiger charge is -2.32. The Morgan fingerprint density at radius 1 is 0.921 bits per heavy atom. The number of carbonyl (C=O) groups is 2. The molecule has 3 heterocycles. The number of nitrogens with zero attached hydrogens (tertiary/aromatic N) is 4. The van der Waals surface area contributed by atoms with Crippen molar-refractivity contribution in [3.63, 3.8) is 0 Å². The number of piperidine rings is 1. The monoisotopic (exact) mass is 516 g/mol. The van der Waals surface area contributed by atoms with Gasteiger partial charge in [0.2, 0.25) is 0 Å². The van der Waals surface area contributed by atoms with Crippen LogP contribution in [0.15, 0.2) is 54.7 Å². The predicted octanol–water partition coefficient (Wildman–Crippen LogP) is 4.39. The van der Waals surface area contributed by atoms with Crippen LogP contribution < -0.4 is 15.5 Å². The third kappa shape index (κ3) is 6.51. The number of halogens is 1. The van der Waals surface area contributed by atoms with E-state index < -0.39 is 0 Å². The molecule has 0 bridgehead atoms. The molecule has 3 aromatic rings. The van der Waals surface area contributed by atoms with Gasteiger partial charge in [-0.3, -0.25) is 14.6 Å². The van der Waals surface area contributed by atoms with E-state index in [1.807, 2.05) is 6.07 Å². The summed E-state index contributed by atoms with van der Waals surface area (Å²) in [7, 11) is 0. The zero-order valence-electron chi connectivity index (χ0n) is 21.4. The SMILES string of the molecule is O=C(NC1CCN(c2ccc(C(=O)NCC3CCCCC3)nn2)CC1)c1ccc(-c2cccc(F)c2)nc1. The Hall–Kier alpha value is -3.88. The molecule has 1 saturated heterocycles. The third-order valence-corrected chi connectivity index (χ3v) is 7.46. The summed E-state index contributed by atoms with van der Waals surface area (Å²) < 4.78 is 13.5. The van der Waals surface area contributed by atoms with E-state index in [9.17, 15) is 14.0 Å². The molecule has 8 nitrogen and oxygen atoms in total. The molecule has 0 spiro atoms. The van der Waals surface area contributed by atoms with Crippen LogP contribution in [0.25, 0.3) is 11.3 Å². The maximum atomic E-state index is 13.5.